The van der Waals surface area contributed by atoms with Gasteiger partial charge < -0.3 is 23.8 Å². The molecule has 0 spiro atoms. The second-order valence-electron chi connectivity index (χ2n) is 8.57. The van der Waals surface area contributed by atoms with Gasteiger partial charge in [0.2, 0.25) is 6.17 Å². The van der Waals surface area contributed by atoms with Gasteiger partial charge in [0.15, 0.2) is 6.17 Å². The summed E-state index contributed by atoms with van der Waals surface area (Å²) in [7, 11) is 1.55. The minimum atomic E-state index is -1.34. The Morgan fingerprint density at radius 3 is 1.89 bits per heavy atom. The van der Waals surface area contributed by atoms with Crippen LogP contribution in [0.2, 0.25) is 0 Å². The topological polar surface area (TPSA) is 97.9 Å². The predicted molar refractivity (Wildman–Crippen MR) is 132 cm³/mol. The van der Waals surface area contributed by atoms with E-state index in [9.17, 15) is 14.4 Å². The lowest BCUT2D eigenvalue weighted by Crippen LogP contribution is -2.53. The molecule has 2 aromatic carbocycles. The Morgan fingerprint density at radius 2 is 1.39 bits per heavy atom. The first kappa shape index (κ1) is 26.7. The normalized spacial score (nSPS) is 17.4. The first-order valence-electron chi connectivity index (χ1n) is 11.8. The molecule has 0 aromatic heterocycles. The van der Waals surface area contributed by atoms with Crippen LogP contribution < -0.4 is 9.64 Å². The number of hydrogen-bond donors (Lipinski definition) is 0. The zero-order chi connectivity index (χ0) is 26.4. The molecule has 0 unspecified atom stereocenters. The SMILES string of the molecule is CCOC(=O)[C@@H]1N(c2ccccc2)[C@@H](c2ccc(OC)cc2)N(C(=O)OC(C)C)N1C(=O)OC(C)C. The summed E-state index contributed by atoms with van der Waals surface area (Å²) in [6.45, 7) is 8.51. The Bertz CT molecular complexity index is 1040. The number of hydrazine groups is 1. The van der Waals surface area contributed by atoms with Crippen LogP contribution in [0.15, 0.2) is 54.6 Å². The molecule has 0 N–H and O–H groups in total. The number of esters is 1. The number of anilines is 1. The molecule has 3 rings (SSSR count). The Kier molecular flexibility index (Phi) is 8.63. The monoisotopic (exact) mass is 499 g/mol. The molecule has 1 fully saturated rings. The van der Waals surface area contributed by atoms with Crippen LogP contribution >= 0.6 is 0 Å². The number of para-hydroxylation sites is 1. The number of ether oxygens (including phenoxy) is 4. The molecule has 0 radical (unpaired) electrons. The maximum absolute atomic E-state index is 13.5. The van der Waals surface area contributed by atoms with Gasteiger partial charge in [-0.3, -0.25) is 0 Å². The van der Waals surface area contributed by atoms with Crippen molar-refractivity contribution < 1.29 is 33.3 Å². The van der Waals surface area contributed by atoms with Gasteiger partial charge in [0.25, 0.3) is 0 Å². The van der Waals surface area contributed by atoms with Crippen molar-refractivity contribution in [3.8, 4) is 5.75 Å². The number of carbonyl (C=O) groups excluding carboxylic acids is 3. The van der Waals surface area contributed by atoms with Crippen LogP contribution in [0.3, 0.4) is 0 Å². The molecule has 10 nitrogen and oxygen atoms in total. The molecule has 1 saturated heterocycles. The number of rotatable bonds is 7. The summed E-state index contributed by atoms with van der Waals surface area (Å²) < 4.78 is 21.6. The summed E-state index contributed by atoms with van der Waals surface area (Å²) in [6, 6.07) is 16.0. The molecule has 2 atom stereocenters. The molecule has 2 amide bonds. The van der Waals surface area contributed by atoms with Gasteiger partial charge in [0.1, 0.15) is 5.75 Å². The minimum absolute atomic E-state index is 0.0780. The van der Waals surface area contributed by atoms with Gasteiger partial charge in [-0.2, -0.15) is 10.0 Å². The van der Waals surface area contributed by atoms with Crippen molar-refractivity contribution in [1.82, 2.24) is 10.0 Å². The molecular formula is C26H33N3O7. The van der Waals surface area contributed by atoms with E-state index in [1.807, 2.05) is 6.07 Å². The lowest BCUT2D eigenvalue weighted by molar-refractivity contribution is -0.151. The lowest BCUT2D eigenvalue weighted by Gasteiger charge is -2.31. The Morgan fingerprint density at radius 1 is 0.833 bits per heavy atom. The molecule has 0 saturated carbocycles. The van der Waals surface area contributed by atoms with E-state index in [0.717, 1.165) is 10.0 Å². The number of methoxy groups -OCH3 is 1. The van der Waals surface area contributed by atoms with Crippen LogP contribution in [0.5, 0.6) is 5.75 Å². The van der Waals surface area contributed by atoms with Crippen molar-refractivity contribution in [2.45, 2.75) is 59.2 Å². The summed E-state index contributed by atoms with van der Waals surface area (Å²) in [6.07, 6.45) is -4.98. The summed E-state index contributed by atoms with van der Waals surface area (Å²) in [4.78, 5) is 42.0. The van der Waals surface area contributed by atoms with Crippen LogP contribution in [0, 0.1) is 0 Å². The van der Waals surface area contributed by atoms with Crippen LogP contribution in [-0.4, -0.2) is 60.3 Å². The smallest absolute Gasteiger partial charge is 0.431 e. The summed E-state index contributed by atoms with van der Waals surface area (Å²) in [5.74, 6) is -0.113. The van der Waals surface area contributed by atoms with Crippen molar-refractivity contribution in [3.63, 3.8) is 0 Å². The molecule has 2 aromatic rings. The van der Waals surface area contributed by atoms with Crippen molar-refractivity contribution >= 4 is 23.8 Å². The fourth-order valence-corrected chi connectivity index (χ4v) is 3.88. The molecule has 0 bridgehead atoms. The van der Waals surface area contributed by atoms with Gasteiger partial charge in [-0.1, -0.05) is 30.3 Å². The fraction of sp³-hybridized carbons (Fsp3) is 0.423. The second kappa shape index (κ2) is 11.7. The average molecular weight is 500 g/mol. The van der Waals surface area contributed by atoms with Crippen molar-refractivity contribution in [3.05, 3.63) is 60.2 Å². The number of hydrogen-bond acceptors (Lipinski definition) is 8. The van der Waals surface area contributed by atoms with E-state index < -0.39 is 42.7 Å². The third-order valence-corrected chi connectivity index (χ3v) is 5.24. The highest BCUT2D eigenvalue weighted by Crippen LogP contribution is 2.42. The van der Waals surface area contributed by atoms with Gasteiger partial charge in [0, 0.05) is 5.69 Å². The minimum Gasteiger partial charge on any atom is -0.497 e. The quantitative estimate of drug-likeness (QED) is 0.399. The van der Waals surface area contributed by atoms with Crippen LogP contribution in [-0.2, 0) is 19.0 Å². The zero-order valence-electron chi connectivity index (χ0n) is 21.4. The van der Waals surface area contributed by atoms with Gasteiger partial charge in [-0.15, -0.1) is 0 Å². The first-order chi connectivity index (χ1) is 17.2. The van der Waals surface area contributed by atoms with E-state index >= 15 is 0 Å². The average Bonchev–Trinajstić information content (AvgIpc) is 3.20. The Labute approximate surface area is 211 Å². The van der Waals surface area contributed by atoms with E-state index in [2.05, 4.69) is 0 Å². The molecule has 36 heavy (non-hydrogen) atoms. The molecule has 10 heteroatoms. The van der Waals surface area contributed by atoms with Gasteiger partial charge in [0.05, 0.1) is 25.9 Å². The van der Waals surface area contributed by atoms with E-state index in [4.69, 9.17) is 18.9 Å². The van der Waals surface area contributed by atoms with Gasteiger partial charge in [-0.25, -0.2) is 14.4 Å². The predicted octanol–water partition coefficient (Wildman–Crippen LogP) is 4.71. The Balaban J connectivity index is 2.28. The van der Waals surface area contributed by atoms with Gasteiger partial charge in [-0.05, 0) is 64.4 Å². The highest BCUT2D eigenvalue weighted by molar-refractivity contribution is 5.88. The van der Waals surface area contributed by atoms with Crippen molar-refractivity contribution in [1.29, 1.82) is 0 Å². The van der Waals surface area contributed by atoms with E-state index in [1.165, 1.54) is 0 Å². The fourth-order valence-electron chi connectivity index (χ4n) is 3.88. The number of benzene rings is 2. The summed E-state index contributed by atoms with van der Waals surface area (Å²) >= 11 is 0. The van der Waals surface area contributed by atoms with Crippen molar-refractivity contribution in [2.75, 3.05) is 18.6 Å². The molecule has 1 aliphatic rings. The van der Waals surface area contributed by atoms with Crippen LogP contribution in [0.1, 0.15) is 46.3 Å². The molecule has 1 heterocycles. The third-order valence-electron chi connectivity index (χ3n) is 5.24. The highest BCUT2D eigenvalue weighted by Gasteiger charge is 2.56. The number of amides is 2. The maximum atomic E-state index is 13.5. The maximum Gasteiger partial charge on any atom is 0.431 e. The number of carbonyl (C=O) groups is 3. The summed E-state index contributed by atoms with van der Waals surface area (Å²) in [5.41, 5.74) is 1.19. The second-order valence-corrected chi connectivity index (χ2v) is 8.57. The highest BCUT2D eigenvalue weighted by atomic mass is 16.6. The van der Waals surface area contributed by atoms with E-state index in [-0.39, 0.29) is 6.61 Å². The largest absolute Gasteiger partial charge is 0.497 e. The lowest BCUT2D eigenvalue weighted by atomic mass is 10.1. The summed E-state index contributed by atoms with van der Waals surface area (Å²) in [5, 5.41) is 2.09. The number of nitrogens with zero attached hydrogens (tertiary/aromatic N) is 3. The third kappa shape index (κ3) is 5.64. The van der Waals surface area contributed by atoms with Gasteiger partial charge >= 0.3 is 18.2 Å². The standard InChI is InChI=1S/C26H33N3O7/c1-7-34-24(30)23-27(20-11-9-8-10-12-20)22(19-13-15-21(33-6)16-14-19)28(25(31)35-17(2)3)29(23)26(32)36-18(4)5/h8-18,22-23H,7H2,1-6H3/t22-,23-/m1/s1. The van der Waals surface area contributed by atoms with Crippen molar-refractivity contribution in [2.24, 2.45) is 0 Å². The Hall–Kier alpha value is -3.95. The molecule has 0 aliphatic carbocycles. The van der Waals surface area contributed by atoms with Crippen LogP contribution in [0.25, 0.3) is 0 Å². The first-order valence-corrected chi connectivity index (χ1v) is 11.8. The molecular weight excluding hydrogens is 466 g/mol. The van der Waals surface area contributed by atoms with Crippen LogP contribution in [0.4, 0.5) is 15.3 Å². The zero-order valence-corrected chi connectivity index (χ0v) is 21.4. The molecule has 194 valence electrons. The van der Waals surface area contributed by atoms with E-state index in [1.54, 1.807) is 95.2 Å². The molecule has 1 aliphatic heterocycles. The van der Waals surface area contributed by atoms with E-state index in [0.29, 0.717) is 17.0 Å².